The molecule has 4 aromatic rings. The molecule has 0 bridgehead atoms. The summed E-state index contributed by atoms with van der Waals surface area (Å²) in [5.74, 6) is 0.647. The number of rotatable bonds is 5. The van der Waals surface area contributed by atoms with Crippen LogP contribution in [0.25, 0.3) is 21.6 Å². The number of nitrogens with zero attached hydrogens (tertiary/aromatic N) is 4. The fourth-order valence-electron chi connectivity index (χ4n) is 2.96. The van der Waals surface area contributed by atoms with Gasteiger partial charge >= 0.3 is 0 Å². The van der Waals surface area contributed by atoms with Gasteiger partial charge in [-0.1, -0.05) is 29.4 Å². The summed E-state index contributed by atoms with van der Waals surface area (Å²) in [5, 5.41) is 12.3. The van der Waals surface area contributed by atoms with Crippen molar-refractivity contribution >= 4 is 27.5 Å². The number of nitrogens with two attached hydrogens (primary N) is 1. The fraction of sp³-hybridized carbons (Fsp3) is 0.263. The maximum Gasteiger partial charge on any atom is 0.262 e. The maximum atomic E-state index is 12.6. The Balaban J connectivity index is 1.49. The molecule has 1 unspecified atom stereocenters. The Morgan fingerprint density at radius 3 is 2.79 bits per heavy atom. The summed E-state index contributed by atoms with van der Waals surface area (Å²) in [4.78, 5) is 18.6. The van der Waals surface area contributed by atoms with Crippen molar-refractivity contribution in [3.8, 4) is 11.4 Å². The topological polar surface area (TPSA) is 112 Å². The van der Waals surface area contributed by atoms with Crippen LogP contribution in [-0.2, 0) is 13.6 Å². The van der Waals surface area contributed by atoms with Crippen molar-refractivity contribution in [2.45, 2.75) is 26.4 Å². The van der Waals surface area contributed by atoms with Gasteiger partial charge in [-0.3, -0.25) is 9.48 Å². The van der Waals surface area contributed by atoms with Crippen LogP contribution in [0, 0.1) is 6.92 Å². The molecule has 0 aliphatic rings. The van der Waals surface area contributed by atoms with Crippen molar-refractivity contribution in [3.63, 3.8) is 0 Å². The van der Waals surface area contributed by atoms with E-state index in [0.29, 0.717) is 23.1 Å². The van der Waals surface area contributed by atoms with E-state index in [1.807, 2.05) is 51.2 Å². The molecule has 144 valence electrons. The molecule has 0 fully saturated rings. The van der Waals surface area contributed by atoms with Crippen LogP contribution < -0.4 is 11.1 Å². The zero-order chi connectivity index (χ0) is 19.8. The molecule has 1 amide bonds. The molecule has 3 aromatic heterocycles. The Morgan fingerprint density at radius 2 is 2.11 bits per heavy atom. The minimum Gasteiger partial charge on any atom is -0.340 e. The first-order chi connectivity index (χ1) is 13.5. The second-order valence-electron chi connectivity index (χ2n) is 6.59. The van der Waals surface area contributed by atoms with Crippen molar-refractivity contribution in [1.82, 2.24) is 25.2 Å². The Hall–Kier alpha value is -3.04. The van der Waals surface area contributed by atoms with E-state index in [1.165, 1.54) is 11.3 Å². The van der Waals surface area contributed by atoms with Crippen LogP contribution in [0.15, 0.2) is 34.9 Å². The molecule has 1 aromatic carbocycles. The first-order valence-electron chi connectivity index (χ1n) is 8.83. The molecular weight excluding hydrogens is 376 g/mol. The lowest BCUT2D eigenvalue weighted by atomic mass is 10.1. The number of aryl methyl sites for hydroxylation is 2. The Kier molecular flexibility index (Phi) is 4.70. The molecular formula is C19H20N6O2S. The summed E-state index contributed by atoms with van der Waals surface area (Å²) < 4.78 is 7.13. The van der Waals surface area contributed by atoms with Crippen molar-refractivity contribution in [2.75, 3.05) is 0 Å². The average Bonchev–Trinajstić information content (AvgIpc) is 3.40. The first kappa shape index (κ1) is 18.3. The van der Waals surface area contributed by atoms with Gasteiger partial charge in [-0.25, -0.2) is 0 Å². The highest BCUT2D eigenvalue weighted by Crippen LogP contribution is 2.28. The third-order valence-electron chi connectivity index (χ3n) is 4.53. The zero-order valence-electron chi connectivity index (χ0n) is 15.8. The molecule has 8 nitrogen and oxygen atoms in total. The van der Waals surface area contributed by atoms with Crippen molar-refractivity contribution in [3.05, 3.63) is 52.4 Å². The minimum atomic E-state index is -0.415. The summed E-state index contributed by atoms with van der Waals surface area (Å²) in [6.07, 6.45) is 0. The number of thiophene rings is 1. The van der Waals surface area contributed by atoms with Gasteiger partial charge in [-0.2, -0.15) is 10.1 Å². The molecule has 0 aliphatic carbocycles. The molecule has 0 aliphatic heterocycles. The molecule has 3 heterocycles. The SMILES string of the molecule is Cc1nn(C)c2sc(C(=O)NC(C)c3nc(-c4ccc(CN)cc4)no3)cc12. The second kappa shape index (κ2) is 7.17. The standard InChI is InChI=1S/C19H20N6O2S/c1-10-14-8-15(28-19(14)25(3)23-10)17(26)21-11(2)18-22-16(24-27-18)13-6-4-12(9-20)5-7-13/h4-8,11H,9,20H2,1-3H3,(H,21,26). The molecule has 0 saturated heterocycles. The normalized spacial score (nSPS) is 12.4. The van der Waals surface area contributed by atoms with Gasteiger partial charge in [-0.15, -0.1) is 11.3 Å². The Labute approximate surface area is 165 Å². The number of hydrogen-bond donors (Lipinski definition) is 2. The van der Waals surface area contributed by atoms with Gasteiger partial charge in [0.2, 0.25) is 11.7 Å². The highest BCUT2D eigenvalue weighted by molar-refractivity contribution is 7.20. The van der Waals surface area contributed by atoms with Crippen molar-refractivity contribution in [1.29, 1.82) is 0 Å². The van der Waals surface area contributed by atoms with Crippen LogP contribution in [-0.4, -0.2) is 25.8 Å². The van der Waals surface area contributed by atoms with E-state index in [9.17, 15) is 4.79 Å². The van der Waals surface area contributed by atoms with Crippen molar-refractivity contribution in [2.24, 2.45) is 12.8 Å². The second-order valence-corrected chi connectivity index (χ2v) is 7.62. The fourth-order valence-corrected chi connectivity index (χ4v) is 3.99. The molecule has 0 radical (unpaired) electrons. The maximum absolute atomic E-state index is 12.6. The summed E-state index contributed by atoms with van der Waals surface area (Å²) in [6, 6.07) is 9.09. The molecule has 0 spiro atoms. The van der Waals surface area contributed by atoms with Gasteiger partial charge in [0.05, 0.1) is 10.6 Å². The van der Waals surface area contributed by atoms with Gasteiger partial charge in [0.15, 0.2) is 0 Å². The van der Waals surface area contributed by atoms with Gasteiger partial charge in [0.1, 0.15) is 10.9 Å². The van der Waals surface area contributed by atoms with E-state index < -0.39 is 6.04 Å². The van der Waals surface area contributed by atoms with Crippen LogP contribution >= 0.6 is 11.3 Å². The number of amides is 1. The summed E-state index contributed by atoms with van der Waals surface area (Å²) in [6.45, 7) is 4.22. The third kappa shape index (κ3) is 3.30. The van der Waals surface area contributed by atoms with Crippen LogP contribution in [0.3, 0.4) is 0 Å². The minimum absolute atomic E-state index is 0.180. The van der Waals surface area contributed by atoms with Gasteiger partial charge in [-0.05, 0) is 25.5 Å². The molecule has 9 heteroatoms. The lowest BCUT2D eigenvalue weighted by Gasteiger charge is -2.08. The van der Waals surface area contributed by atoms with E-state index in [1.54, 1.807) is 4.68 Å². The van der Waals surface area contributed by atoms with E-state index >= 15 is 0 Å². The molecule has 1 atom stereocenters. The monoisotopic (exact) mass is 396 g/mol. The molecule has 0 saturated carbocycles. The van der Waals surface area contributed by atoms with E-state index in [2.05, 4.69) is 20.6 Å². The first-order valence-corrected chi connectivity index (χ1v) is 9.65. The molecule has 28 heavy (non-hydrogen) atoms. The highest BCUT2D eigenvalue weighted by Gasteiger charge is 2.20. The predicted molar refractivity (Wildman–Crippen MR) is 107 cm³/mol. The van der Waals surface area contributed by atoms with E-state index in [0.717, 1.165) is 27.0 Å². The zero-order valence-corrected chi connectivity index (χ0v) is 16.6. The van der Waals surface area contributed by atoms with Crippen LogP contribution in [0.5, 0.6) is 0 Å². The average molecular weight is 396 g/mol. The smallest absolute Gasteiger partial charge is 0.262 e. The molecule has 4 rings (SSSR count). The predicted octanol–water partition coefficient (Wildman–Crippen LogP) is 2.94. The van der Waals surface area contributed by atoms with Crippen LogP contribution in [0.4, 0.5) is 0 Å². The highest BCUT2D eigenvalue weighted by atomic mass is 32.1. The third-order valence-corrected chi connectivity index (χ3v) is 5.73. The largest absolute Gasteiger partial charge is 0.340 e. The number of aromatic nitrogens is 4. The van der Waals surface area contributed by atoms with Gasteiger partial charge in [0.25, 0.3) is 5.91 Å². The molecule has 3 N–H and O–H groups in total. The lowest BCUT2D eigenvalue weighted by Crippen LogP contribution is -2.26. The van der Waals surface area contributed by atoms with Gasteiger partial charge < -0.3 is 15.6 Å². The number of benzene rings is 1. The Morgan fingerprint density at radius 1 is 1.36 bits per heavy atom. The van der Waals surface area contributed by atoms with E-state index in [-0.39, 0.29) is 5.91 Å². The van der Waals surface area contributed by atoms with Gasteiger partial charge in [0, 0.05) is 24.5 Å². The van der Waals surface area contributed by atoms with E-state index in [4.69, 9.17) is 10.3 Å². The van der Waals surface area contributed by atoms with Crippen LogP contribution in [0.1, 0.15) is 39.8 Å². The number of fused-ring (bicyclic) bond motifs is 1. The van der Waals surface area contributed by atoms with Crippen LogP contribution in [0.2, 0.25) is 0 Å². The summed E-state index contributed by atoms with van der Waals surface area (Å²) in [7, 11) is 1.87. The number of carbonyl (C=O) groups excluding carboxylic acids is 1. The Bertz CT molecular complexity index is 1110. The summed E-state index contributed by atoms with van der Waals surface area (Å²) in [5.41, 5.74) is 8.38. The number of hydrogen-bond acceptors (Lipinski definition) is 7. The van der Waals surface area contributed by atoms with Crippen molar-refractivity contribution < 1.29 is 9.32 Å². The number of nitrogens with one attached hydrogen (secondary N) is 1. The summed E-state index contributed by atoms with van der Waals surface area (Å²) >= 11 is 1.41. The quantitative estimate of drug-likeness (QED) is 0.536. The lowest BCUT2D eigenvalue weighted by molar-refractivity contribution is 0.0936. The number of carbonyl (C=O) groups is 1.